The number of hydrogen-bond donors (Lipinski definition) is 0. The summed E-state index contributed by atoms with van der Waals surface area (Å²) in [5, 5.41) is 0. The molecule has 2 aliphatic carbocycles. The maximum absolute atomic E-state index is 14.1. The SMILES string of the molecule is CC(C)(C)c1ccc2c(c1)C(=O)c1c(-c3ccc(N(c4ccc(-c5ccccc5)cc4)c4ccc5c(c4)C(C)(C)c4ccccc4-5)cc3)cccc1-2. The third-order valence-electron chi connectivity index (χ3n) is 11.2. The average Bonchev–Trinajstić information content (AvgIpc) is 3.58. The number of ketones is 1. The molecular formula is C50H41NO. The standard InChI is InChI=1S/C50H41NO/c1-49(2,3)35-22-28-40-43-16-11-15-39(47(43)48(52)44(40)30-35)34-20-25-37(26-21-34)51(36-23-18-33(19-24-36)32-12-7-6-8-13-32)38-27-29-42-41-14-9-10-17-45(41)50(4,5)46(42)31-38/h6-31H,1-5H3. The smallest absolute Gasteiger partial charge is 0.194 e. The van der Waals surface area contributed by atoms with Crippen LogP contribution in [0.25, 0.3) is 44.5 Å². The quantitative estimate of drug-likeness (QED) is 0.181. The Morgan fingerprint density at radius 3 is 1.71 bits per heavy atom. The molecule has 0 aromatic heterocycles. The monoisotopic (exact) mass is 671 g/mol. The number of fused-ring (bicyclic) bond motifs is 6. The van der Waals surface area contributed by atoms with E-state index in [4.69, 9.17) is 0 Å². The Kier molecular flexibility index (Phi) is 7.24. The second kappa shape index (κ2) is 11.8. The van der Waals surface area contributed by atoms with E-state index in [0.717, 1.165) is 50.4 Å². The van der Waals surface area contributed by atoms with Crippen molar-refractivity contribution in [1.82, 2.24) is 0 Å². The number of nitrogens with zero attached hydrogens (tertiary/aromatic N) is 1. The van der Waals surface area contributed by atoms with Gasteiger partial charge in [-0.05, 0) is 109 Å². The molecule has 7 aromatic carbocycles. The molecule has 0 amide bonds. The number of carbonyl (C=O) groups is 1. The molecular weight excluding hydrogens is 631 g/mol. The topological polar surface area (TPSA) is 20.3 Å². The van der Waals surface area contributed by atoms with Crippen LogP contribution in [-0.2, 0) is 10.8 Å². The minimum atomic E-state index is -0.111. The fraction of sp³-hybridized carbons (Fsp3) is 0.140. The lowest BCUT2D eigenvalue weighted by Gasteiger charge is -2.28. The molecule has 2 aliphatic rings. The predicted octanol–water partition coefficient (Wildman–Crippen LogP) is 13.3. The van der Waals surface area contributed by atoms with Crippen molar-refractivity contribution >= 4 is 22.8 Å². The molecule has 0 N–H and O–H groups in total. The molecule has 0 bridgehead atoms. The van der Waals surface area contributed by atoms with Gasteiger partial charge in [0.25, 0.3) is 0 Å². The molecule has 0 atom stereocenters. The Bertz CT molecular complexity index is 2520. The molecule has 0 saturated heterocycles. The van der Waals surface area contributed by atoms with Gasteiger partial charge in [-0.1, -0.05) is 150 Å². The van der Waals surface area contributed by atoms with Crippen LogP contribution in [0.5, 0.6) is 0 Å². The summed E-state index contributed by atoms with van der Waals surface area (Å²) in [4.78, 5) is 16.4. The number of benzene rings is 7. The van der Waals surface area contributed by atoms with Gasteiger partial charge in [0.15, 0.2) is 5.78 Å². The molecule has 0 radical (unpaired) electrons. The van der Waals surface area contributed by atoms with Gasteiger partial charge in [0.1, 0.15) is 0 Å². The van der Waals surface area contributed by atoms with Crippen molar-refractivity contribution in [2.45, 2.75) is 45.4 Å². The molecule has 2 nitrogen and oxygen atoms in total. The van der Waals surface area contributed by atoms with Crippen LogP contribution in [0, 0.1) is 0 Å². The molecule has 0 fully saturated rings. The molecule has 0 saturated carbocycles. The van der Waals surface area contributed by atoms with E-state index in [1.165, 1.54) is 38.9 Å². The molecule has 0 spiro atoms. The molecule has 9 rings (SSSR count). The minimum Gasteiger partial charge on any atom is -0.310 e. The van der Waals surface area contributed by atoms with Gasteiger partial charge in [0.05, 0.1) is 0 Å². The highest BCUT2D eigenvalue weighted by molar-refractivity contribution is 6.24. The van der Waals surface area contributed by atoms with Gasteiger partial charge in [-0.15, -0.1) is 0 Å². The number of rotatable bonds is 5. The zero-order valence-electron chi connectivity index (χ0n) is 30.4. The third-order valence-corrected chi connectivity index (χ3v) is 11.2. The molecule has 52 heavy (non-hydrogen) atoms. The summed E-state index contributed by atoms with van der Waals surface area (Å²) in [5.41, 5.74) is 17.6. The maximum atomic E-state index is 14.1. The Hall–Kier alpha value is -5.99. The van der Waals surface area contributed by atoms with Crippen LogP contribution in [0.3, 0.4) is 0 Å². The van der Waals surface area contributed by atoms with E-state index < -0.39 is 0 Å². The highest BCUT2D eigenvalue weighted by Gasteiger charge is 2.36. The van der Waals surface area contributed by atoms with Crippen molar-refractivity contribution in [2.75, 3.05) is 4.90 Å². The van der Waals surface area contributed by atoms with Crippen LogP contribution in [0.1, 0.15) is 67.2 Å². The van der Waals surface area contributed by atoms with E-state index >= 15 is 0 Å². The molecule has 252 valence electrons. The second-order valence-electron chi connectivity index (χ2n) is 15.8. The molecule has 0 heterocycles. The summed E-state index contributed by atoms with van der Waals surface area (Å²) in [7, 11) is 0. The Morgan fingerprint density at radius 2 is 1.00 bits per heavy atom. The van der Waals surface area contributed by atoms with E-state index in [-0.39, 0.29) is 16.6 Å². The minimum absolute atomic E-state index is 0.0327. The predicted molar refractivity (Wildman–Crippen MR) is 217 cm³/mol. The average molecular weight is 672 g/mol. The summed E-state index contributed by atoms with van der Waals surface area (Å²) >= 11 is 0. The van der Waals surface area contributed by atoms with E-state index in [9.17, 15) is 4.79 Å². The van der Waals surface area contributed by atoms with Gasteiger partial charge in [-0.3, -0.25) is 4.79 Å². The van der Waals surface area contributed by atoms with Gasteiger partial charge in [-0.2, -0.15) is 0 Å². The van der Waals surface area contributed by atoms with Crippen LogP contribution in [-0.4, -0.2) is 5.78 Å². The molecule has 0 unspecified atom stereocenters. The van der Waals surface area contributed by atoms with Crippen LogP contribution < -0.4 is 4.90 Å². The number of anilines is 3. The van der Waals surface area contributed by atoms with Crippen molar-refractivity contribution in [2.24, 2.45) is 0 Å². The van der Waals surface area contributed by atoms with Crippen molar-refractivity contribution < 1.29 is 4.79 Å². The summed E-state index contributed by atoms with van der Waals surface area (Å²) < 4.78 is 0. The zero-order valence-corrected chi connectivity index (χ0v) is 30.4. The summed E-state index contributed by atoms with van der Waals surface area (Å²) in [6, 6.07) is 56.4. The van der Waals surface area contributed by atoms with Crippen LogP contribution in [0.2, 0.25) is 0 Å². The highest BCUT2D eigenvalue weighted by atomic mass is 16.1. The van der Waals surface area contributed by atoms with E-state index in [2.05, 4.69) is 197 Å². The first-order valence-electron chi connectivity index (χ1n) is 18.2. The molecule has 7 aromatic rings. The maximum Gasteiger partial charge on any atom is 0.194 e. The van der Waals surface area contributed by atoms with Gasteiger partial charge < -0.3 is 4.90 Å². The molecule has 2 heteroatoms. The first-order valence-corrected chi connectivity index (χ1v) is 18.2. The van der Waals surface area contributed by atoms with Crippen molar-refractivity contribution in [3.63, 3.8) is 0 Å². The van der Waals surface area contributed by atoms with Crippen molar-refractivity contribution in [3.8, 4) is 44.5 Å². The van der Waals surface area contributed by atoms with Gasteiger partial charge in [0.2, 0.25) is 0 Å². The van der Waals surface area contributed by atoms with Gasteiger partial charge in [-0.25, -0.2) is 0 Å². The van der Waals surface area contributed by atoms with Gasteiger partial charge in [0, 0.05) is 33.6 Å². The Balaban J connectivity index is 1.13. The van der Waals surface area contributed by atoms with Crippen molar-refractivity contribution in [3.05, 3.63) is 186 Å². The van der Waals surface area contributed by atoms with E-state index in [1.54, 1.807) is 0 Å². The first kappa shape index (κ1) is 32.0. The van der Waals surface area contributed by atoms with Crippen molar-refractivity contribution in [1.29, 1.82) is 0 Å². The zero-order chi connectivity index (χ0) is 35.8. The first-order chi connectivity index (χ1) is 25.1. The van der Waals surface area contributed by atoms with Crippen LogP contribution in [0.4, 0.5) is 17.1 Å². The third kappa shape index (κ3) is 5.05. The van der Waals surface area contributed by atoms with Crippen LogP contribution >= 0.6 is 0 Å². The van der Waals surface area contributed by atoms with Gasteiger partial charge >= 0.3 is 0 Å². The summed E-state index contributed by atoms with van der Waals surface area (Å²) in [6.07, 6.45) is 0. The van der Waals surface area contributed by atoms with Crippen LogP contribution in [0.15, 0.2) is 158 Å². The largest absolute Gasteiger partial charge is 0.310 e. The number of carbonyl (C=O) groups excluding carboxylic acids is 1. The van der Waals surface area contributed by atoms with E-state index in [0.29, 0.717) is 0 Å². The lowest BCUT2D eigenvalue weighted by molar-refractivity contribution is 0.104. The fourth-order valence-corrected chi connectivity index (χ4v) is 8.33. The summed E-state index contributed by atoms with van der Waals surface area (Å²) in [5.74, 6) is 0.109. The Labute approximate surface area is 307 Å². The lowest BCUT2D eigenvalue weighted by Crippen LogP contribution is -2.16. The highest BCUT2D eigenvalue weighted by Crippen LogP contribution is 2.51. The molecule has 0 aliphatic heterocycles. The Morgan fingerprint density at radius 1 is 0.442 bits per heavy atom. The second-order valence-corrected chi connectivity index (χ2v) is 15.8. The summed E-state index contributed by atoms with van der Waals surface area (Å²) in [6.45, 7) is 11.2. The lowest BCUT2D eigenvalue weighted by atomic mass is 9.82. The number of hydrogen-bond acceptors (Lipinski definition) is 2. The normalized spacial score (nSPS) is 13.7. The van der Waals surface area contributed by atoms with E-state index in [1.807, 2.05) is 0 Å². The fourth-order valence-electron chi connectivity index (χ4n) is 8.33.